The van der Waals surface area contributed by atoms with Crippen LogP contribution in [0.2, 0.25) is 0 Å². The maximum atomic E-state index is 12.2. The van der Waals surface area contributed by atoms with Gasteiger partial charge in [0.05, 0.1) is 5.69 Å². The van der Waals surface area contributed by atoms with Crippen molar-refractivity contribution in [2.45, 2.75) is 27.2 Å². The Morgan fingerprint density at radius 2 is 2.26 bits per heavy atom. The molecule has 23 heavy (non-hydrogen) atoms. The van der Waals surface area contributed by atoms with E-state index in [0.29, 0.717) is 16.3 Å². The molecule has 0 aliphatic heterocycles. The summed E-state index contributed by atoms with van der Waals surface area (Å²) in [5.74, 6) is 0.314. The molecule has 1 atom stereocenters. The van der Waals surface area contributed by atoms with Crippen molar-refractivity contribution in [1.82, 2.24) is 9.97 Å². The van der Waals surface area contributed by atoms with Gasteiger partial charge >= 0.3 is 0 Å². The summed E-state index contributed by atoms with van der Waals surface area (Å²) in [6.07, 6.45) is 4.26. The van der Waals surface area contributed by atoms with E-state index in [4.69, 9.17) is 0 Å². The molecule has 0 saturated heterocycles. The summed E-state index contributed by atoms with van der Waals surface area (Å²) in [5.41, 5.74) is 2.12. The molecule has 7 heteroatoms. The lowest BCUT2D eigenvalue weighted by Gasteiger charge is -2.03. The van der Waals surface area contributed by atoms with Crippen molar-refractivity contribution in [3.05, 3.63) is 41.2 Å². The first-order chi connectivity index (χ1) is 11.0. The molecule has 0 fully saturated rings. The summed E-state index contributed by atoms with van der Waals surface area (Å²) in [6.45, 7) is 5.48. The molecule has 0 bridgehead atoms. The maximum Gasteiger partial charge on any atom is 0.252 e. The van der Waals surface area contributed by atoms with Crippen LogP contribution in [0, 0.1) is 6.92 Å². The SMILES string of the molecule is CCCS(=O)/C=C(\C)C(=O)Nc1sc(-c2cccnc2)nc1C. The molecule has 1 N–H and O–H groups in total. The quantitative estimate of drug-likeness (QED) is 0.810. The standard InChI is InChI=1S/C16H19N3O2S2/c1-4-8-23(21)10-11(2)14(20)19-15-12(3)18-16(22-15)13-6-5-7-17-9-13/h5-7,9-10H,4,8H2,1-3H3,(H,19,20)/b11-10+. The number of aromatic nitrogens is 2. The predicted octanol–water partition coefficient (Wildman–Crippen LogP) is 3.51. The summed E-state index contributed by atoms with van der Waals surface area (Å²) >= 11 is 1.40. The van der Waals surface area contributed by atoms with Gasteiger partial charge in [0.1, 0.15) is 10.0 Å². The molecule has 1 unspecified atom stereocenters. The van der Waals surface area contributed by atoms with Crippen LogP contribution in [0.5, 0.6) is 0 Å². The zero-order chi connectivity index (χ0) is 16.8. The third-order valence-electron chi connectivity index (χ3n) is 3.00. The largest absolute Gasteiger partial charge is 0.312 e. The van der Waals surface area contributed by atoms with Crippen LogP contribution in [0.15, 0.2) is 35.5 Å². The monoisotopic (exact) mass is 349 g/mol. The van der Waals surface area contributed by atoms with E-state index in [0.717, 1.165) is 22.7 Å². The first kappa shape index (κ1) is 17.5. The Bertz CT molecular complexity index is 739. The summed E-state index contributed by atoms with van der Waals surface area (Å²) in [6, 6.07) is 3.77. The van der Waals surface area contributed by atoms with Gasteiger partial charge in [0.25, 0.3) is 5.91 Å². The molecular formula is C16H19N3O2S2. The minimum Gasteiger partial charge on any atom is -0.312 e. The highest BCUT2D eigenvalue weighted by molar-refractivity contribution is 7.88. The second-order valence-corrected chi connectivity index (χ2v) is 7.42. The van der Waals surface area contributed by atoms with Gasteiger partial charge in [0, 0.05) is 45.5 Å². The molecule has 1 amide bonds. The van der Waals surface area contributed by atoms with Crippen molar-refractivity contribution in [3.8, 4) is 10.6 Å². The molecule has 0 aliphatic carbocycles. The Balaban J connectivity index is 2.13. The van der Waals surface area contributed by atoms with Gasteiger partial charge in [-0.2, -0.15) is 0 Å². The van der Waals surface area contributed by atoms with Crippen LogP contribution in [0.1, 0.15) is 26.0 Å². The van der Waals surface area contributed by atoms with E-state index < -0.39 is 10.8 Å². The highest BCUT2D eigenvalue weighted by atomic mass is 32.2. The normalized spacial score (nSPS) is 12.9. The smallest absolute Gasteiger partial charge is 0.252 e. The van der Waals surface area contributed by atoms with Crippen molar-refractivity contribution < 1.29 is 9.00 Å². The fourth-order valence-electron chi connectivity index (χ4n) is 1.84. The molecule has 122 valence electrons. The lowest BCUT2D eigenvalue weighted by Crippen LogP contribution is -2.13. The number of carbonyl (C=O) groups is 1. The number of nitrogens with one attached hydrogen (secondary N) is 1. The van der Waals surface area contributed by atoms with E-state index in [2.05, 4.69) is 15.3 Å². The number of anilines is 1. The second-order valence-electron chi connectivity index (χ2n) is 5.02. The summed E-state index contributed by atoms with van der Waals surface area (Å²) < 4.78 is 11.7. The Kier molecular flexibility index (Phi) is 6.18. The lowest BCUT2D eigenvalue weighted by atomic mass is 10.3. The summed E-state index contributed by atoms with van der Waals surface area (Å²) in [5, 5.41) is 5.86. The van der Waals surface area contributed by atoms with Crippen LogP contribution in [-0.4, -0.2) is 25.8 Å². The third-order valence-corrected chi connectivity index (χ3v) is 5.55. The van der Waals surface area contributed by atoms with E-state index in [9.17, 15) is 9.00 Å². The highest BCUT2D eigenvalue weighted by Gasteiger charge is 2.13. The highest BCUT2D eigenvalue weighted by Crippen LogP contribution is 2.31. The van der Waals surface area contributed by atoms with E-state index in [-0.39, 0.29) is 5.91 Å². The molecule has 2 aromatic heterocycles. The van der Waals surface area contributed by atoms with E-state index >= 15 is 0 Å². The van der Waals surface area contributed by atoms with E-state index in [1.165, 1.54) is 16.7 Å². The molecular weight excluding hydrogens is 330 g/mol. The van der Waals surface area contributed by atoms with Crippen molar-refractivity contribution in [1.29, 1.82) is 0 Å². The van der Waals surface area contributed by atoms with Crippen LogP contribution in [0.25, 0.3) is 10.6 Å². The number of rotatable bonds is 6. The molecule has 0 spiro atoms. The number of pyridine rings is 1. The molecule has 5 nitrogen and oxygen atoms in total. The predicted molar refractivity (Wildman–Crippen MR) is 95.8 cm³/mol. The van der Waals surface area contributed by atoms with Crippen LogP contribution in [0.4, 0.5) is 5.00 Å². The fraction of sp³-hybridized carbons (Fsp3) is 0.312. The average molecular weight is 349 g/mol. The van der Waals surface area contributed by atoms with Crippen molar-refractivity contribution in [3.63, 3.8) is 0 Å². The first-order valence-electron chi connectivity index (χ1n) is 7.26. The zero-order valence-corrected chi connectivity index (χ0v) is 15.0. The fourth-order valence-corrected chi connectivity index (χ4v) is 3.81. The number of aryl methyl sites for hydroxylation is 1. The van der Waals surface area contributed by atoms with E-state index in [1.807, 2.05) is 26.0 Å². The molecule has 0 saturated carbocycles. The number of carbonyl (C=O) groups excluding carboxylic acids is 1. The molecule has 2 aromatic rings. The van der Waals surface area contributed by atoms with Crippen molar-refractivity contribution in [2.24, 2.45) is 0 Å². The molecule has 0 aromatic carbocycles. The van der Waals surface area contributed by atoms with Crippen LogP contribution >= 0.6 is 11.3 Å². The van der Waals surface area contributed by atoms with Gasteiger partial charge in [-0.3, -0.25) is 14.0 Å². The minimum absolute atomic E-state index is 0.251. The minimum atomic E-state index is -1.10. The molecule has 0 radical (unpaired) electrons. The molecule has 2 heterocycles. The van der Waals surface area contributed by atoms with E-state index in [1.54, 1.807) is 19.3 Å². The zero-order valence-electron chi connectivity index (χ0n) is 13.3. The van der Waals surface area contributed by atoms with Crippen molar-refractivity contribution >= 4 is 33.0 Å². The molecule has 2 rings (SSSR count). The first-order valence-corrected chi connectivity index (χ1v) is 9.46. The Morgan fingerprint density at radius 3 is 2.91 bits per heavy atom. The van der Waals surface area contributed by atoms with Crippen LogP contribution in [0.3, 0.4) is 0 Å². The third kappa shape index (κ3) is 4.80. The Labute approximate surface area is 142 Å². The Hall–Kier alpha value is -1.86. The van der Waals surface area contributed by atoms with Gasteiger partial charge in [-0.05, 0) is 32.4 Å². The van der Waals surface area contributed by atoms with Gasteiger partial charge in [0.2, 0.25) is 0 Å². The van der Waals surface area contributed by atoms with Gasteiger partial charge in [-0.1, -0.05) is 18.3 Å². The van der Waals surface area contributed by atoms with Gasteiger partial charge in [-0.25, -0.2) is 4.98 Å². The van der Waals surface area contributed by atoms with Gasteiger partial charge in [-0.15, -0.1) is 0 Å². The maximum absolute atomic E-state index is 12.2. The second kappa shape index (κ2) is 8.12. The number of amides is 1. The van der Waals surface area contributed by atoms with Gasteiger partial charge in [0.15, 0.2) is 0 Å². The number of nitrogens with zero attached hydrogens (tertiary/aromatic N) is 2. The van der Waals surface area contributed by atoms with Crippen LogP contribution < -0.4 is 5.32 Å². The number of thiazole rings is 1. The molecule has 0 aliphatic rings. The number of hydrogen-bond acceptors (Lipinski definition) is 5. The number of hydrogen-bond donors (Lipinski definition) is 1. The van der Waals surface area contributed by atoms with Gasteiger partial charge < -0.3 is 5.32 Å². The summed E-state index contributed by atoms with van der Waals surface area (Å²) in [4.78, 5) is 20.7. The Morgan fingerprint density at radius 1 is 1.48 bits per heavy atom. The topological polar surface area (TPSA) is 72.0 Å². The van der Waals surface area contributed by atoms with Crippen molar-refractivity contribution in [2.75, 3.05) is 11.1 Å². The summed E-state index contributed by atoms with van der Waals surface area (Å²) in [7, 11) is -1.10. The van der Waals surface area contributed by atoms with Crippen LogP contribution in [-0.2, 0) is 15.6 Å². The lowest BCUT2D eigenvalue weighted by molar-refractivity contribution is -0.112. The average Bonchev–Trinajstić information content (AvgIpc) is 2.89.